The van der Waals surface area contributed by atoms with E-state index in [-0.39, 0.29) is 5.60 Å². The van der Waals surface area contributed by atoms with Crippen LogP contribution in [0.25, 0.3) is 10.2 Å². The van der Waals surface area contributed by atoms with Gasteiger partial charge in [0.05, 0.1) is 10.2 Å². The molecule has 15 heavy (non-hydrogen) atoms. The van der Waals surface area contributed by atoms with Crippen molar-refractivity contribution in [2.45, 2.75) is 32.8 Å². The lowest BCUT2D eigenvalue weighted by atomic mass is 10.1. The van der Waals surface area contributed by atoms with E-state index in [9.17, 15) is 0 Å². The first-order valence-corrected chi connectivity index (χ1v) is 5.97. The number of nitrogens with zero attached hydrogens (tertiary/aromatic N) is 1. The molecule has 1 aromatic heterocycles. The SMILES string of the molecule is CCC(C)(C)Oc1nc2ccccc2s1. The zero-order chi connectivity index (χ0) is 10.9. The average molecular weight is 221 g/mol. The van der Waals surface area contributed by atoms with Crippen LogP contribution >= 0.6 is 11.3 Å². The van der Waals surface area contributed by atoms with Crippen molar-refractivity contribution in [3.63, 3.8) is 0 Å². The zero-order valence-corrected chi connectivity index (χ0v) is 10.1. The van der Waals surface area contributed by atoms with E-state index in [4.69, 9.17) is 4.74 Å². The van der Waals surface area contributed by atoms with Gasteiger partial charge in [-0.25, -0.2) is 4.98 Å². The molecule has 0 radical (unpaired) electrons. The minimum Gasteiger partial charge on any atom is -0.464 e. The molecule has 0 N–H and O–H groups in total. The molecular weight excluding hydrogens is 206 g/mol. The van der Waals surface area contributed by atoms with Crippen molar-refractivity contribution in [3.05, 3.63) is 24.3 Å². The number of rotatable bonds is 3. The first-order chi connectivity index (χ1) is 7.11. The number of ether oxygens (including phenoxy) is 1. The molecule has 0 aliphatic rings. The Labute approximate surface area is 93.9 Å². The van der Waals surface area contributed by atoms with Crippen LogP contribution in [-0.4, -0.2) is 10.6 Å². The number of hydrogen-bond donors (Lipinski definition) is 0. The minimum atomic E-state index is -0.131. The summed E-state index contributed by atoms with van der Waals surface area (Å²) in [6, 6.07) is 8.10. The molecule has 0 spiro atoms. The normalized spacial score (nSPS) is 11.9. The molecule has 0 amide bonds. The fourth-order valence-corrected chi connectivity index (χ4v) is 2.17. The van der Waals surface area contributed by atoms with Crippen molar-refractivity contribution in [3.8, 4) is 5.19 Å². The fourth-order valence-electron chi connectivity index (χ4n) is 1.20. The van der Waals surface area contributed by atoms with E-state index in [2.05, 4.69) is 31.8 Å². The largest absolute Gasteiger partial charge is 0.464 e. The molecule has 0 fully saturated rings. The first-order valence-electron chi connectivity index (χ1n) is 5.15. The highest BCUT2D eigenvalue weighted by molar-refractivity contribution is 7.20. The predicted molar refractivity (Wildman–Crippen MR) is 64.6 cm³/mol. The van der Waals surface area contributed by atoms with Crippen molar-refractivity contribution < 1.29 is 4.74 Å². The van der Waals surface area contributed by atoms with E-state index < -0.39 is 0 Å². The van der Waals surface area contributed by atoms with Gasteiger partial charge in [0, 0.05) is 0 Å². The summed E-state index contributed by atoms with van der Waals surface area (Å²) in [4.78, 5) is 4.44. The van der Waals surface area contributed by atoms with E-state index >= 15 is 0 Å². The molecule has 0 saturated heterocycles. The Bertz CT molecular complexity index is 428. The van der Waals surface area contributed by atoms with Crippen LogP contribution < -0.4 is 4.74 Å². The van der Waals surface area contributed by atoms with Crippen molar-refractivity contribution >= 4 is 21.6 Å². The van der Waals surface area contributed by atoms with Crippen LogP contribution in [0.3, 0.4) is 0 Å². The summed E-state index contributed by atoms with van der Waals surface area (Å²) in [5.74, 6) is 0. The van der Waals surface area contributed by atoms with Gasteiger partial charge in [0.25, 0.3) is 5.19 Å². The van der Waals surface area contributed by atoms with Gasteiger partial charge in [-0.1, -0.05) is 30.4 Å². The molecule has 0 unspecified atom stereocenters. The summed E-state index contributed by atoms with van der Waals surface area (Å²) >= 11 is 1.61. The van der Waals surface area contributed by atoms with Crippen LogP contribution in [0, 0.1) is 0 Å². The van der Waals surface area contributed by atoms with Crippen molar-refractivity contribution in [2.24, 2.45) is 0 Å². The predicted octanol–water partition coefficient (Wildman–Crippen LogP) is 3.86. The Morgan fingerprint density at radius 3 is 2.73 bits per heavy atom. The molecule has 80 valence electrons. The Balaban J connectivity index is 2.30. The zero-order valence-electron chi connectivity index (χ0n) is 9.28. The second-order valence-electron chi connectivity index (χ2n) is 4.16. The minimum absolute atomic E-state index is 0.131. The summed E-state index contributed by atoms with van der Waals surface area (Å²) < 4.78 is 7.02. The maximum atomic E-state index is 5.84. The van der Waals surface area contributed by atoms with E-state index in [1.165, 1.54) is 4.70 Å². The van der Waals surface area contributed by atoms with Gasteiger partial charge in [0.15, 0.2) is 0 Å². The van der Waals surface area contributed by atoms with Gasteiger partial charge in [-0.2, -0.15) is 0 Å². The van der Waals surface area contributed by atoms with Gasteiger partial charge in [-0.15, -0.1) is 0 Å². The van der Waals surface area contributed by atoms with E-state index in [0.717, 1.165) is 17.1 Å². The molecule has 1 aromatic carbocycles. The van der Waals surface area contributed by atoms with Crippen LogP contribution in [0.2, 0.25) is 0 Å². The molecule has 0 aliphatic carbocycles. The molecule has 0 bridgehead atoms. The highest BCUT2D eigenvalue weighted by Crippen LogP contribution is 2.30. The molecule has 2 aromatic rings. The van der Waals surface area contributed by atoms with E-state index in [0.29, 0.717) is 0 Å². The van der Waals surface area contributed by atoms with Gasteiger partial charge in [-0.3, -0.25) is 0 Å². The molecule has 2 nitrogen and oxygen atoms in total. The van der Waals surface area contributed by atoms with Gasteiger partial charge in [-0.05, 0) is 32.4 Å². The Kier molecular flexibility index (Phi) is 2.65. The Morgan fingerprint density at radius 2 is 2.07 bits per heavy atom. The second kappa shape index (κ2) is 3.81. The van der Waals surface area contributed by atoms with Crippen LogP contribution in [0.1, 0.15) is 27.2 Å². The standard InChI is InChI=1S/C12H15NOS/c1-4-12(2,3)14-11-13-9-7-5-6-8-10(9)15-11/h5-8H,4H2,1-3H3. The van der Waals surface area contributed by atoms with E-state index in [1.54, 1.807) is 11.3 Å². The monoisotopic (exact) mass is 221 g/mol. The van der Waals surface area contributed by atoms with E-state index in [1.807, 2.05) is 18.2 Å². The number of fused-ring (bicyclic) bond motifs is 1. The third-order valence-electron chi connectivity index (χ3n) is 2.49. The highest BCUT2D eigenvalue weighted by Gasteiger charge is 2.18. The summed E-state index contributed by atoms with van der Waals surface area (Å²) in [6.07, 6.45) is 0.975. The van der Waals surface area contributed by atoms with Gasteiger partial charge in [0.2, 0.25) is 0 Å². The topological polar surface area (TPSA) is 22.1 Å². The number of hydrogen-bond acceptors (Lipinski definition) is 3. The number of aromatic nitrogens is 1. The second-order valence-corrected chi connectivity index (χ2v) is 5.16. The summed E-state index contributed by atoms with van der Waals surface area (Å²) in [5, 5.41) is 0.767. The average Bonchev–Trinajstić information content (AvgIpc) is 2.58. The van der Waals surface area contributed by atoms with Crippen molar-refractivity contribution in [1.82, 2.24) is 4.98 Å². The quantitative estimate of drug-likeness (QED) is 0.785. The number of para-hydroxylation sites is 1. The maximum absolute atomic E-state index is 5.84. The van der Waals surface area contributed by atoms with Crippen LogP contribution in [0.5, 0.6) is 5.19 Å². The fraction of sp³-hybridized carbons (Fsp3) is 0.417. The molecule has 3 heteroatoms. The molecular formula is C12H15NOS. The number of thiazole rings is 1. The maximum Gasteiger partial charge on any atom is 0.274 e. The van der Waals surface area contributed by atoms with Gasteiger partial charge >= 0.3 is 0 Å². The smallest absolute Gasteiger partial charge is 0.274 e. The lowest BCUT2D eigenvalue weighted by molar-refractivity contribution is 0.105. The molecule has 1 heterocycles. The van der Waals surface area contributed by atoms with Gasteiger partial charge in [0.1, 0.15) is 5.60 Å². The van der Waals surface area contributed by atoms with Crippen molar-refractivity contribution in [2.75, 3.05) is 0 Å². The summed E-state index contributed by atoms with van der Waals surface area (Å²) in [6.45, 7) is 6.28. The molecule has 0 aliphatic heterocycles. The lowest BCUT2D eigenvalue weighted by Gasteiger charge is -2.22. The molecule has 0 atom stereocenters. The molecule has 2 rings (SSSR count). The summed E-state index contributed by atoms with van der Waals surface area (Å²) in [7, 11) is 0. The van der Waals surface area contributed by atoms with Crippen LogP contribution in [0.4, 0.5) is 0 Å². The highest BCUT2D eigenvalue weighted by atomic mass is 32.1. The first kappa shape index (κ1) is 10.4. The number of benzene rings is 1. The lowest BCUT2D eigenvalue weighted by Crippen LogP contribution is -2.26. The van der Waals surface area contributed by atoms with Crippen LogP contribution in [-0.2, 0) is 0 Å². The Morgan fingerprint density at radius 1 is 1.33 bits per heavy atom. The van der Waals surface area contributed by atoms with Crippen LogP contribution in [0.15, 0.2) is 24.3 Å². The molecule has 0 saturated carbocycles. The third-order valence-corrected chi connectivity index (χ3v) is 3.40. The van der Waals surface area contributed by atoms with Crippen molar-refractivity contribution in [1.29, 1.82) is 0 Å². The Hall–Kier alpha value is -1.09. The van der Waals surface area contributed by atoms with Gasteiger partial charge < -0.3 is 4.74 Å². The third kappa shape index (κ3) is 2.29. The summed E-state index contributed by atoms with van der Waals surface area (Å²) in [5.41, 5.74) is 0.887.